The molecule has 1 atom stereocenters. The highest BCUT2D eigenvalue weighted by atomic mass is 35.5. The summed E-state index contributed by atoms with van der Waals surface area (Å²) < 4.78 is 33.6. The molecule has 3 rings (SSSR count). The van der Waals surface area contributed by atoms with E-state index in [0.717, 1.165) is 29.6 Å². The van der Waals surface area contributed by atoms with Crippen molar-refractivity contribution in [3.05, 3.63) is 70.1 Å². The summed E-state index contributed by atoms with van der Waals surface area (Å²) in [5.74, 6) is -3.01. The van der Waals surface area contributed by atoms with E-state index < -0.39 is 29.6 Å². The van der Waals surface area contributed by atoms with Crippen molar-refractivity contribution in [3.8, 4) is 5.82 Å². The van der Waals surface area contributed by atoms with Crippen LogP contribution in [0.15, 0.2) is 36.4 Å². The van der Waals surface area contributed by atoms with Crippen LogP contribution in [0.3, 0.4) is 0 Å². The number of nitrogens with zero attached hydrogens (tertiary/aromatic N) is 3. The molecule has 1 aromatic carbocycles. The van der Waals surface area contributed by atoms with Crippen LogP contribution in [0.4, 0.5) is 14.5 Å². The van der Waals surface area contributed by atoms with Crippen molar-refractivity contribution in [2.24, 2.45) is 0 Å². The van der Waals surface area contributed by atoms with Gasteiger partial charge in [-0.25, -0.2) is 23.2 Å². The van der Waals surface area contributed by atoms with E-state index in [0.29, 0.717) is 5.82 Å². The molecule has 0 bridgehead atoms. The van der Waals surface area contributed by atoms with Gasteiger partial charge in [0.25, 0.3) is 5.91 Å². The molecule has 0 radical (unpaired) electrons. The molecule has 10 heteroatoms. The summed E-state index contributed by atoms with van der Waals surface area (Å²) >= 11 is 6.07. The molecule has 0 fully saturated rings. The van der Waals surface area contributed by atoms with E-state index in [-0.39, 0.29) is 16.4 Å². The number of nitrogens with one attached hydrogen (secondary N) is 1. The zero-order chi connectivity index (χ0) is 22.0. The van der Waals surface area contributed by atoms with Gasteiger partial charge < -0.3 is 10.1 Å². The monoisotopic (exact) mass is 434 g/mol. The van der Waals surface area contributed by atoms with Crippen LogP contribution in [0.5, 0.6) is 0 Å². The van der Waals surface area contributed by atoms with Crippen LogP contribution in [-0.4, -0.2) is 32.7 Å². The van der Waals surface area contributed by atoms with Crippen molar-refractivity contribution < 1.29 is 23.1 Å². The second kappa shape index (κ2) is 8.58. The molecule has 1 amide bonds. The maximum absolute atomic E-state index is 13.7. The van der Waals surface area contributed by atoms with Gasteiger partial charge in [0.15, 0.2) is 17.6 Å². The average Bonchev–Trinajstić information content (AvgIpc) is 3.03. The van der Waals surface area contributed by atoms with Gasteiger partial charge in [0, 0.05) is 11.8 Å². The van der Waals surface area contributed by atoms with Gasteiger partial charge in [-0.3, -0.25) is 4.79 Å². The first-order chi connectivity index (χ1) is 14.2. The molecule has 30 heavy (non-hydrogen) atoms. The van der Waals surface area contributed by atoms with E-state index >= 15 is 0 Å². The number of benzene rings is 1. The summed E-state index contributed by atoms with van der Waals surface area (Å²) in [5.41, 5.74) is 0.985. The quantitative estimate of drug-likeness (QED) is 0.613. The normalized spacial score (nSPS) is 11.8. The number of aryl methyl sites for hydroxylation is 2. The number of anilines is 1. The number of carbonyl (C=O) groups is 2. The maximum Gasteiger partial charge on any atom is 0.359 e. The van der Waals surface area contributed by atoms with Crippen molar-refractivity contribution in [3.63, 3.8) is 0 Å². The minimum atomic E-state index is -1.32. The number of esters is 1. The van der Waals surface area contributed by atoms with Gasteiger partial charge in [-0.1, -0.05) is 11.6 Å². The van der Waals surface area contributed by atoms with E-state index in [4.69, 9.17) is 16.3 Å². The zero-order valence-electron chi connectivity index (χ0n) is 16.2. The van der Waals surface area contributed by atoms with Gasteiger partial charge in [-0.2, -0.15) is 5.10 Å². The van der Waals surface area contributed by atoms with Gasteiger partial charge in [0.1, 0.15) is 11.6 Å². The molecule has 0 aliphatic carbocycles. The number of carbonyl (C=O) groups excluding carboxylic acids is 2. The number of pyridine rings is 1. The molecule has 1 unspecified atom stereocenters. The Morgan fingerprint density at radius 2 is 1.90 bits per heavy atom. The largest absolute Gasteiger partial charge is 0.448 e. The van der Waals surface area contributed by atoms with Crippen LogP contribution >= 0.6 is 11.6 Å². The average molecular weight is 435 g/mol. The van der Waals surface area contributed by atoms with E-state index in [1.165, 1.54) is 17.7 Å². The van der Waals surface area contributed by atoms with Gasteiger partial charge >= 0.3 is 5.97 Å². The molecule has 0 saturated heterocycles. The zero-order valence-corrected chi connectivity index (χ0v) is 17.0. The topological polar surface area (TPSA) is 86.1 Å². The molecule has 0 saturated carbocycles. The van der Waals surface area contributed by atoms with Crippen LogP contribution in [0.25, 0.3) is 5.82 Å². The Balaban J connectivity index is 1.76. The third-order valence-corrected chi connectivity index (χ3v) is 4.40. The molecule has 0 spiro atoms. The van der Waals surface area contributed by atoms with Crippen LogP contribution < -0.4 is 5.32 Å². The highest BCUT2D eigenvalue weighted by Crippen LogP contribution is 2.20. The molecule has 0 aliphatic rings. The van der Waals surface area contributed by atoms with Gasteiger partial charge in [-0.05, 0) is 51.1 Å². The van der Waals surface area contributed by atoms with Gasteiger partial charge in [-0.15, -0.1) is 0 Å². The first kappa shape index (κ1) is 21.4. The van der Waals surface area contributed by atoms with E-state index in [2.05, 4.69) is 15.4 Å². The summed E-state index contributed by atoms with van der Waals surface area (Å²) in [4.78, 5) is 28.9. The molecule has 7 nitrogen and oxygen atoms in total. The SMILES string of the molecule is Cc1cc(C)n(-c2ccc(Cl)c(C(=O)OC(C)C(=O)Nc3cc(F)ccc3F)n2)n1. The fraction of sp³-hybridized carbons (Fsp3) is 0.200. The van der Waals surface area contributed by atoms with Crippen LogP contribution in [-0.2, 0) is 9.53 Å². The summed E-state index contributed by atoms with van der Waals surface area (Å²) in [5, 5.41) is 6.48. The van der Waals surface area contributed by atoms with Crippen LogP contribution in [0, 0.1) is 25.5 Å². The Bertz CT molecular complexity index is 1130. The third kappa shape index (κ3) is 4.62. The second-order valence-corrected chi connectivity index (χ2v) is 6.91. The number of hydrogen-bond donors (Lipinski definition) is 1. The lowest BCUT2D eigenvalue weighted by atomic mass is 10.2. The standard InChI is InChI=1S/C20H17ClF2N4O3/c1-10-8-11(2)27(26-10)17-7-5-14(21)18(25-17)20(29)30-12(3)19(28)24-16-9-13(22)4-6-15(16)23/h4-9,12H,1-3H3,(H,24,28). The maximum atomic E-state index is 13.7. The molecular formula is C20H17ClF2N4O3. The van der Waals surface area contributed by atoms with Crippen LogP contribution in [0.2, 0.25) is 5.02 Å². The second-order valence-electron chi connectivity index (χ2n) is 6.50. The molecule has 0 aliphatic heterocycles. The van der Waals surface area contributed by atoms with Crippen molar-refractivity contribution in [1.82, 2.24) is 14.8 Å². The highest BCUT2D eigenvalue weighted by Gasteiger charge is 2.23. The number of rotatable bonds is 5. The smallest absolute Gasteiger partial charge is 0.359 e. The Morgan fingerprint density at radius 3 is 2.57 bits per heavy atom. The molecule has 2 heterocycles. The highest BCUT2D eigenvalue weighted by molar-refractivity contribution is 6.33. The predicted octanol–water partition coefficient (Wildman–Crippen LogP) is 4.00. The molecule has 2 aromatic heterocycles. The molecular weight excluding hydrogens is 418 g/mol. The van der Waals surface area contributed by atoms with Crippen LogP contribution in [0.1, 0.15) is 28.8 Å². The van der Waals surface area contributed by atoms with Gasteiger partial charge in [0.05, 0.1) is 16.4 Å². The first-order valence-corrected chi connectivity index (χ1v) is 9.20. The fourth-order valence-corrected chi connectivity index (χ4v) is 2.83. The Labute approximate surface area is 175 Å². The molecule has 156 valence electrons. The van der Waals surface area contributed by atoms with E-state index in [9.17, 15) is 18.4 Å². The van der Waals surface area contributed by atoms with E-state index in [1.807, 2.05) is 19.9 Å². The lowest BCUT2D eigenvalue weighted by molar-refractivity contribution is -0.123. The van der Waals surface area contributed by atoms with Gasteiger partial charge in [0.2, 0.25) is 0 Å². The van der Waals surface area contributed by atoms with Crippen molar-refractivity contribution in [1.29, 1.82) is 0 Å². The predicted molar refractivity (Wildman–Crippen MR) is 106 cm³/mol. The summed E-state index contributed by atoms with van der Waals surface area (Å²) in [7, 11) is 0. The number of amides is 1. The number of ether oxygens (including phenoxy) is 1. The van der Waals surface area contributed by atoms with E-state index in [1.54, 1.807) is 6.07 Å². The third-order valence-electron chi connectivity index (χ3n) is 4.09. The summed E-state index contributed by atoms with van der Waals surface area (Å²) in [6, 6.07) is 7.49. The Morgan fingerprint density at radius 1 is 1.17 bits per heavy atom. The number of hydrogen-bond acceptors (Lipinski definition) is 5. The lowest BCUT2D eigenvalue weighted by Crippen LogP contribution is -2.30. The van der Waals surface area contributed by atoms with Crippen molar-refractivity contribution in [2.75, 3.05) is 5.32 Å². The lowest BCUT2D eigenvalue weighted by Gasteiger charge is -2.14. The molecule has 3 aromatic rings. The Kier molecular flexibility index (Phi) is 6.12. The molecule has 1 N–H and O–H groups in total. The summed E-state index contributed by atoms with van der Waals surface area (Å²) in [6.45, 7) is 4.92. The minimum absolute atomic E-state index is 0.0223. The Hall–Kier alpha value is -3.33. The van der Waals surface area contributed by atoms with Crippen molar-refractivity contribution >= 4 is 29.2 Å². The minimum Gasteiger partial charge on any atom is -0.448 e. The van der Waals surface area contributed by atoms with Crippen molar-refractivity contribution in [2.45, 2.75) is 26.9 Å². The number of aromatic nitrogens is 3. The fourth-order valence-electron chi connectivity index (χ4n) is 2.65. The summed E-state index contributed by atoms with van der Waals surface area (Å²) in [6.07, 6.45) is -1.32. The number of halogens is 3. The first-order valence-electron chi connectivity index (χ1n) is 8.83.